The number of carboxylic acids is 2. The van der Waals surface area contributed by atoms with Crippen LogP contribution in [0.1, 0.15) is 23.3 Å². The van der Waals surface area contributed by atoms with Crippen LogP contribution in [0.25, 0.3) is 0 Å². The second kappa shape index (κ2) is 12.7. The van der Waals surface area contributed by atoms with Gasteiger partial charge in [-0.15, -0.1) is 0 Å². The molecule has 0 aliphatic heterocycles. The largest absolute Gasteiger partial charge is 0.479 e. The van der Waals surface area contributed by atoms with Crippen molar-refractivity contribution in [2.45, 2.75) is 12.2 Å². The van der Waals surface area contributed by atoms with Gasteiger partial charge in [-0.05, 0) is 59.7 Å². The summed E-state index contributed by atoms with van der Waals surface area (Å²) < 4.78 is 11.1. The van der Waals surface area contributed by atoms with E-state index in [9.17, 15) is 19.8 Å². The van der Waals surface area contributed by atoms with Gasteiger partial charge in [0.1, 0.15) is 23.0 Å². The predicted octanol–water partition coefficient (Wildman–Crippen LogP) is 5.19. The molecular weight excluding hydrogens is 464 g/mol. The summed E-state index contributed by atoms with van der Waals surface area (Å²) in [7, 11) is 0. The Labute approximate surface area is 207 Å². The lowest BCUT2D eigenvalue weighted by Gasteiger charge is -2.09. The summed E-state index contributed by atoms with van der Waals surface area (Å²) in [6.45, 7) is 0. The fourth-order valence-corrected chi connectivity index (χ4v) is 3.03. The monoisotopic (exact) mass is 488 g/mol. The highest BCUT2D eigenvalue weighted by Crippen LogP contribution is 2.25. The summed E-state index contributed by atoms with van der Waals surface area (Å²) in [5.74, 6) is -0.296. The fraction of sp³-hybridized carbons (Fsp3) is 0.0714. The van der Waals surface area contributed by atoms with Crippen LogP contribution in [0.3, 0.4) is 0 Å². The zero-order chi connectivity index (χ0) is 25.9. The van der Waals surface area contributed by atoms with Gasteiger partial charge in [-0.2, -0.15) is 0 Å². The van der Waals surface area contributed by atoms with Crippen molar-refractivity contribution in [3.63, 3.8) is 0 Å². The smallest absolute Gasteiger partial charge is 0.337 e. The van der Waals surface area contributed by atoms with Crippen molar-refractivity contribution in [3.05, 3.63) is 120 Å². The molecule has 2 unspecified atom stereocenters. The average molecular weight is 488 g/mol. The molecule has 0 aromatic heterocycles. The topological polar surface area (TPSA) is 134 Å². The van der Waals surface area contributed by atoms with E-state index in [1.54, 1.807) is 48.5 Å². The fourth-order valence-electron chi connectivity index (χ4n) is 3.03. The van der Waals surface area contributed by atoms with Gasteiger partial charge in [-0.25, -0.2) is 9.59 Å². The molecule has 0 heterocycles. The summed E-state index contributed by atoms with van der Waals surface area (Å²) >= 11 is 0. The van der Waals surface area contributed by atoms with Crippen LogP contribution in [0.15, 0.2) is 109 Å². The lowest BCUT2D eigenvalue weighted by molar-refractivity contribution is -0.147. The maximum absolute atomic E-state index is 10.7. The molecule has 8 nitrogen and oxygen atoms in total. The van der Waals surface area contributed by atoms with Crippen LogP contribution in [0.5, 0.6) is 23.0 Å². The Kier molecular flexibility index (Phi) is 9.16. The molecule has 0 saturated heterocycles. The highest BCUT2D eigenvalue weighted by atomic mass is 16.5. The summed E-state index contributed by atoms with van der Waals surface area (Å²) in [6, 6.07) is 31.0. The maximum atomic E-state index is 10.7. The van der Waals surface area contributed by atoms with Crippen LogP contribution in [-0.4, -0.2) is 32.4 Å². The molecule has 4 aromatic carbocycles. The first kappa shape index (κ1) is 26.0. The van der Waals surface area contributed by atoms with Crippen molar-refractivity contribution in [2.75, 3.05) is 0 Å². The second-order valence-electron chi connectivity index (χ2n) is 7.46. The molecule has 0 bridgehead atoms. The quantitative estimate of drug-likeness (QED) is 0.266. The van der Waals surface area contributed by atoms with Crippen LogP contribution in [0.2, 0.25) is 0 Å². The number of ether oxygens (including phenoxy) is 2. The van der Waals surface area contributed by atoms with Gasteiger partial charge in [0, 0.05) is 0 Å². The van der Waals surface area contributed by atoms with Crippen molar-refractivity contribution in [1.29, 1.82) is 0 Å². The number of benzene rings is 4. The van der Waals surface area contributed by atoms with E-state index in [1.807, 2.05) is 36.4 Å². The molecule has 0 aliphatic carbocycles. The molecular formula is C28H24O8. The van der Waals surface area contributed by atoms with Crippen molar-refractivity contribution in [3.8, 4) is 23.0 Å². The van der Waals surface area contributed by atoms with Crippen molar-refractivity contribution >= 4 is 11.9 Å². The molecule has 0 saturated carbocycles. The number of para-hydroxylation sites is 2. The van der Waals surface area contributed by atoms with Crippen LogP contribution in [0, 0.1) is 0 Å². The van der Waals surface area contributed by atoms with Gasteiger partial charge in [0.15, 0.2) is 12.2 Å². The SMILES string of the molecule is O=C(O)C(O)c1cccc(Oc2ccccc2)c1.O=C(O)C(O)c1cccc(Oc2ccccc2)c1. The summed E-state index contributed by atoms with van der Waals surface area (Å²) in [6.07, 6.45) is -3.08. The average Bonchev–Trinajstić information content (AvgIpc) is 2.89. The Morgan fingerprint density at radius 3 is 1.17 bits per heavy atom. The lowest BCUT2D eigenvalue weighted by atomic mass is 10.1. The first-order chi connectivity index (χ1) is 17.3. The molecule has 0 radical (unpaired) electrons. The van der Waals surface area contributed by atoms with Gasteiger partial charge in [-0.3, -0.25) is 0 Å². The lowest BCUT2D eigenvalue weighted by Crippen LogP contribution is -2.10. The molecule has 0 aliphatic rings. The van der Waals surface area contributed by atoms with Crippen molar-refractivity contribution in [1.82, 2.24) is 0 Å². The van der Waals surface area contributed by atoms with Gasteiger partial charge in [-0.1, -0.05) is 60.7 Å². The van der Waals surface area contributed by atoms with E-state index in [4.69, 9.17) is 19.7 Å². The van der Waals surface area contributed by atoms with Gasteiger partial charge in [0.25, 0.3) is 0 Å². The highest BCUT2D eigenvalue weighted by Gasteiger charge is 2.17. The number of carbonyl (C=O) groups is 2. The zero-order valence-corrected chi connectivity index (χ0v) is 19.0. The minimum Gasteiger partial charge on any atom is -0.479 e. The number of hydrogen-bond donors (Lipinski definition) is 4. The van der Waals surface area contributed by atoms with E-state index in [0.29, 0.717) is 23.0 Å². The van der Waals surface area contributed by atoms with Gasteiger partial charge < -0.3 is 29.9 Å². The number of hydrogen-bond acceptors (Lipinski definition) is 6. The minimum absolute atomic E-state index is 0.288. The van der Waals surface area contributed by atoms with E-state index in [1.165, 1.54) is 24.3 Å². The van der Waals surface area contributed by atoms with E-state index in [-0.39, 0.29) is 11.1 Å². The molecule has 184 valence electrons. The number of aliphatic carboxylic acids is 2. The standard InChI is InChI=1S/2C14H12O4/c2*15-13(14(16)17)10-5-4-8-12(9-10)18-11-6-2-1-3-7-11/h2*1-9,13,15H,(H,16,17). The van der Waals surface area contributed by atoms with E-state index in [0.717, 1.165) is 0 Å². The normalized spacial score (nSPS) is 11.8. The number of aliphatic hydroxyl groups excluding tert-OH is 2. The molecule has 2 atom stereocenters. The molecule has 0 spiro atoms. The molecule has 0 fully saturated rings. The summed E-state index contributed by atoms with van der Waals surface area (Å²) in [4.78, 5) is 21.4. The summed E-state index contributed by atoms with van der Waals surface area (Å²) in [5.41, 5.74) is 0.576. The van der Waals surface area contributed by atoms with Crippen LogP contribution in [-0.2, 0) is 9.59 Å². The molecule has 8 heteroatoms. The van der Waals surface area contributed by atoms with Crippen molar-refractivity contribution < 1.29 is 39.5 Å². The molecule has 4 N–H and O–H groups in total. The van der Waals surface area contributed by atoms with Gasteiger partial charge in [0.2, 0.25) is 0 Å². The first-order valence-corrected chi connectivity index (χ1v) is 10.8. The second-order valence-corrected chi connectivity index (χ2v) is 7.46. The number of aliphatic hydroxyl groups is 2. The Morgan fingerprint density at radius 2 is 0.833 bits per heavy atom. The molecule has 4 rings (SSSR count). The van der Waals surface area contributed by atoms with Crippen LogP contribution >= 0.6 is 0 Å². The Balaban J connectivity index is 0.000000201. The Morgan fingerprint density at radius 1 is 0.500 bits per heavy atom. The number of carboxylic acid groups (broad SMARTS) is 2. The van der Waals surface area contributed by atoms with Crippen molar-refractivity contribution in [2.24, 2.45) is 0 Å². The Bertz CT molecular complexity index is 1170. The third-order valence-electron chi connectivity index (χ3n) is 4.77. The molecule has 4 aromatic rings. The summed E-state index contributed by atoms with van der Waals surface area (Å²) in [5, 5.41) is 36.3. The van der Waals surface area contributed by atoms with Crippen LogP contribution < -0.4 is 9.47 Å². The van der Waals surface area contributed by atoms with Crippen LogP contribution in [0.4, 0.5) is 0 Å². The Hall–Kier alpha value is -4.66. The predicted molar refractivity (Wildman–Crippen MR) is 131 cm³/mol. The number of rotatable bonds is 8. The third kappa shape index (κ3) is 7.69. The van der Waals surface area contributed by atoms with E-state index < -0.39 is 24.1 Å². The molecule has 36 heavy (non-hydrogen) atoms. The van der Waals surface area contributed by atoms with E-state index in [2.05, 4.69) is 0 Å². The zero-order valence-electron chi connectivity index (χ0n) is 19.0. The van der Waals surface area contributed by atoms with E-state index >= 15 is 0 Å². The third-order valence-corrected chi connectivity index (χ3v) is 4.77. The molecule has 0 amide bonds. The minimum atomic E-state index is -1.54. The first-order valence-electron chi connectivity index (χ1n) is 10.8. The maximum Gasteiger partial charge on any atom is 0.337 e. The van der Waals surface area contributed by atoms with Gasteiger partial charge >= 0.3 is 11.9 Å². The van der Waals surface area contributed by atoms with Gasteiger partial charge in [0.05, 0.1) is 0 Å². The highest BCUT2D eigenvalue weighted by molar-refractivity contribution is 5.74.